The second-order valence-corrected chi connectivity index (χ2v) is 10.3. The standard InChI is InChI=1S/C20H24ClN3O3S2/c1-4-29(25,26)24-15-8-9-18-16(11-15)17(12-20(2,3)27-18)23-19(28)22-14-7-5-6-13(21)10-14/h5-11,17,24H,4,12H2,1-3H3,(H2,22,23,28). The van der Waals surface area contributed by atoms with E-state index in [1.807, 2.05) is 26.0 Å². The van der Waals surface area contributed by atoms with Gasteiger partial charge in [-0.1, -0.05) is 17.7 Å². The molecule has 1 atom stereocenters. The first-order valence-electron chi connectivity index (χ1n) is 9.23. The van der Waals surface area contributed by atoms with Gasteiger partial charge in [0.1, 0.15) is 11.4 Å². The molecule has 1 heterocycles. The molecule has 0 radical (unpaired) electrons. The number of sulfonamides is 1. The first kappa shape index (κ1) is 21.7. The Morgan fingerprint density at radius 1 is 1.24 bits per heavy atom. The van der Waals surface area contributed by atoms with Crippen LogP contribution in [0.2, 0.25) is 5.02 Å². The monoisotopic (exact) mass is 453 g/mol. The molecule has 3 N–H and O–H groups in total. The number of halogens is 1. The summed E-state index contributed by atoms with van der Waals surface area (Å²) in [7, 11) is -3.37. The summed E-state index contributed by atoms with van der Waals surface area (Å²) >= 11 is 11.5. The molecule has 0 bridgehead atoms. The third-order valence-electron chi connectivity index (χ3n) is 4.51. The summed E-state index contributed by atoms with van der Waals surface area (Å²) in [6.07, 6.45) is 0.654. The minimum Gasteiger partial charge on any atom is -0.487 e. The van der Waals surface area contributed by atoms with E-state index in [1.165, 1.54) is 0 Å². The molecule has 2 aromatic carbocycles. The van der Waals surface area contributed by atoms with Gasteiger partial charge in [0.2, 0.25) is 10.0 Å². The predicted molar refractivity (Wildman–Crippen MR) is 122 cm³/mol. The second kappa shape index (κ2) is 8.38. The Balaban J connectivity index is 1.84. The van der Waals surface area contributed by atoms with Crippen molar-refractivity contribution >= 4 is 50.3 Å². The van der Waals surface area contributed by atoms with Crippen LogP contribution in [0.5, 0.6) is 5.75 Å². The van der Waals surface area contributed by atoms with Crippen molar-refractivity contribution in [3.05, 3.63) is 53.1 Å². The highest BCUT2D eigenvalue weighted by atomic mass is 35.5. The van der Waals surface area contributed by atoms with E-state index in [2.05, 4.69) is 15.4 Å². The van der Waals surface area contributed by atoms with Crippen LogP contribution in [-0.4, -0.2) is 24.9 Å². The van der Waals surface area contributed by atoms with Gasteiger partial charge in [0.15, 0.2) is 5.11 Å². The maximum Gasteiger partial charge on any atom is 0.232 e. The Morgan fingerprint density at radius 2 is 2.00 bits per heavy atom. The van der Waals surface area contributed by atoms with Gasteiger partial charge in [-0.2, -0.15) is 0 Å². The summed E-state index contributed by atoms with van der Waals surface area (Å²) in [6.45, 7) is 5.61. The van der Waals surface area contributed by atoms with Crippen molar-refractivity contribution in [2.45, 2.75) is 38.8 Å². The van der Waals surface area contributed by atoms with E-state index < -0.39 is 15.6 Å². The molecule has 0 spiro atoms. The normalized spacial score (nSPS) is 17.6. The van der Waals surface area contributed by atoms with Crippen LogP contribution in [0, 0.1) is 0 Å². The topological polar surface area (TPSA) is 79.5 Å². The molecule has 3 rings (SSSR count). The smallest absolute Gasteiger partial charge is 0.232 e. The summed E-state index contributed by atoms with van der Waals surface area (Å²) in [5.74, 6) is 0.701. The molecular formula is C20H24ClN3O3S2. The summed E-state index contributed by atoms with van der Waals surface area (Å²) in [4.78, 5) is 0. The number of anilines is 2. The van der Waals surface area contributed by atoms with E-state index in [0.29, 0.717) is 28.0 Å². The summed E-state index contributed by atoms with van der Waals surface area (Å²) in [6, 6.07) is 12.4. The lowest BCUT2D eigenvalue weighted by molar-refractivity contribution is 0.0697. The molecule has 0 saturated carbocycles. The van der Waals surface area contributed by atoms with Crippen molar-refractivity contribution in [3.8, 4) is 5.75 Å². The molecule has 1 unspecified atom stereocenters. The van der Waals surface area contributed by atoms with Crippen LogP contribution < -0.4 is 20.1 Å². The fourth-order valence-corrected chi connectivity index (χ4v) is 4.27. The third kappa shape index (κ3) is 5.74. The van der Waals surface area contributed by atoms with E-state index in [-0.39, 0.29) is 11.8 Å². The van der Waals surface area contributed by atoms with Crippen LogP contribution in [0.1, 0.15) is 38.8 Å². The van der Waals surface area contributed by atoms with Gasteiger partial charge in [-0.15, -0.1) is 0 Å². The van der Waals surface area contributed by atoms with Crippen LogP contribution in [-0.2, 0) is 10.0 Å². The predicted octanol–water partition coefficient (Wildman–Crippen LogP) is 4.69. The largest absolute Gasteiger partial charge is 0.487 e. The molecular weight excluding hydrogens is 430 g/mol. The number of hydrogen-bond acceptors (Lipinski definition) is 4. The van der Waals surface area contributed by atoms with Gasteiger partial charge >= 0.3 is 0 Å². The Kier molecular flexibility index (Phi) is 6.26. The molecule has 0 amide bonds. The highest BCUT2D eigenvalue weighted by Gasteiger charge is 2.34. The van der Waals surface area contributed by atoms with E-state index in [4.69, 9.17) is 28.6 Å². The lowest BCUT2D eigenvalue weighted by atomic mass is 9.89. The first-order valence-corrected chi connectivity index (χ1v) is 11.7. The van der Waals surface area contributed by atoms with Crippen LogP contribution >= 0.6 is 23.8 Å². The zero-order valence-corrected chi connectivity index (χ0v) is 18.8. The van der Waals surface area contributed by atoms with Crippen molar-refractivity contribution in [1.29, 1.82) is 0 Å². The zero-order chi connectivity index (χ0) is 21.2. The molecule has 6 nitrogen and oxygen atoms in total. The molecule has 9 heteroatoms. The lowest BCUT2D eigenvalue weighted by Crippen LogP contribution is -2.42. The molecule has 1 aliphatic rings. The van der Waals surface area contributed by atoms with Gasteiger partial charge in [-0.05, 0) is 69.4 Å². The van der Waals surface area contributed by atoms with E-state index in [1.54, 1.807) is 37.3 Å². The highest BCUT2D eigenvalue weighted by Crippen LogP contribution is 2.41. The Bertz CT molecular complexity index is 1030. The summed E-state index contributed by atoms with van der Waals surface area (Å²) < 4.78 is 32.5. The van der Waals surface area contributed by atoms with Gasteiger partial charge < -0.3 is 15.4 Å². The lowest BCUT2D eigenvalue weighted by Gasteiger charge is -2.38. The van der Waals surface area contributed by atoms with Gasteiger partial charge in [-0.25, -0.2) is 8.42 Å². The van der Waals surface area contributed by atoms with Gasteiger partial charge in [-0.3, -0.25) is 4.72 Å². The van der Waals surface area contributed by atoms with Gasteiger partial charge in [0, 0.05) is 28.4 Å². The SMILES string of the molecule is CCS(=O)(=O)Nc1ccc2c(c1)C(NC(=S)Nc1cccc(Cl)c1)CC(C)(C)O2. The average molecular weight is 454 g/mol. The fourth-order valence-electron chi connectivity index (χ4n) is 3.19. The Morgan fingerprint density at radius 3 is 2.69 bits per heavy atom. The van der Waals surface area contributed by atoms with Crippen LogP contribution in [0.4, 0.5) is 11.4 Å². The fraction of sp³-hybridized carbons (Fsp3) is 0.350. The van der Waals surface area contributed by atoms with E-state index in [0.717, 1.165) is 11.3 Å². The van der Waals surface area contributed by atoms with Crippen LogP contribution in [0.25, 0.3) is 0 Å². The van der Waals surface area contributed by atoms with Crippen molar-refractivity contribution in [2.75, 3.05) is 15.8 Å². The van der Waals surface area contributed by atoms with Gasteiger partial charge in [0.25, 0.3) is 0 Å². The summed E-state index contributed by atoms with van der Waals surface area (Å²) in [5.41, 5.74) is 1.72. The molecule has 0 saturated heterocycles. The zero-order valence-electron chi connectivity index (χ0n) is 16.5. The number of benzene rings is 2. The number of nitrogens with one attached hydrogen (secondary N) is 3. The number of fused-ring (bicyclic) bond motifs is 1. The number of hydrogen-bond donors (Lipinski definition) is 3. The molecule has 0 aromatic heterocycles. The van der Waals surface area contributed by atoms with Crippen molar-refractivity contribution < 1.29 is 13.2 Å². The first-order chi connectivity index (χ1) is 13.6. The average Bonchev–Trinajstić information content (AvgIpc) is 2.61. The number of rotatable bonds is 5. The molecule has 0 fully saturated rings. The Hall–Kier alpha value is -2.03. The number of ether oxygens (including phenoxy) is 1. The van der Waals surface area contributed by atoms with E-state index in [9.17, 15) is 8.42 Å². The Labute approximate surface area is 182 Å². The van der Waals surface area contributed by atoms with E-state index >= 15 is 0 Å². The third-order valence-corrected chi connectivity index (χ3v) is 6.27. The number of thiocarbonyl (C=S) groups is 1. The van der Waals surface area contributed by atoms with Crippen LogP contribution in [0.15, 0.2) is 42.5 Å². The second-order valence-electron chi connectivity index (χ2n) is 7.49. The molecule has 0 aliphatic carbocycles. The maximum atomic E-state index is 11.9. The van der Waals surface area contributed by atoms with Crippen molar-refractivity contribution in [3.63, 3.8) is 0 Å². The minimum atomic E-state index is -3.37. The summed E-state index contributed by atoms with van der Waals surface area (Å²) in [5, 5.41) is 7.52. The highest BCUT2D eigenvalue weighted by molar-refractivity contribution is 7.92. The molecule has 1 aliphatic heterocycles. The maximum absolute atomic E-state index is 11.9. The molecule has 2 aromatic rings. The minimum absolute atomic E-state index is 0.00291. The van der Waals surface area contributed by atoms with Crippen molar-refractivity contribution in [2.24, 2.45) is 0 Å². The molecule has 156 valence electrons. The van der Waals surface area contributed by atoms with Crippen LogP contribution in [0.3, 0.4) is 0 Å². The molecule has 29 heavy (non-hydrogen) atoms. The van der Waals surface area contributed by atoms with Crippen molar-refractivity contribution in [1.82, 2.24) is 5.32 Å². The van der Waals surface area contributed by atoms with Gasteiger partial charge in [0.05, 0.1) is 11.8 Å². The quantitative estimate of drug-likeness (QED) is 0.570.